The molecule has 0 amide bonds. The molecule has 0 bridgehead atoms. The van der Waals surface area contributed by atoms with Gasteiger partial charge < -0.3 is 9.72 Å². The zero-order valence-electron chi connectivity index (χ0n) is 15.0. The summed E-state index contributed by atoms with van der Waals surface area (Å²) in [7, 11) is 0. The zero-order valence-corrected chi connectivity index (χ0v) is 15.9. The van der Waals surface area contributed by atoms with E-state index in [-0.39, 0.29) is 0 Å². The van der Waals surface area contributed by atoms with Crippen molar-refractivity contribution in [2.24, 2.45) is 0 Å². The predicted molar refractivity (Wildman–Crippen MR) is 106 cm³/mol. The monoisotopic (exact) mass is 367 g/mol. The summed E-state index contributed by atoms with van der Waals surface area (Å²) < 4.78 is 6.33. The number of H-pyrrole nitrogens is 1. The van der Waals surface area contributed by atoms with E-state index in [2.05, 4.69) is 34.1 Å². The Morgan fingerprint density at radius 1 is 1.15 bits per heavy atom. The van der Waals surface area contributed by atoms with Gasteiger partial charge in [-0.25, -0.2) is 4.98 Å². The van der Waals surface area contributed by atoms with Crippen LogP contribution >= 0.6 is 11.3 Å². The van der Waals surface area contributed by atoms with E-state index in [0.29, 0.717) is 6.10 Å². The van der Waals surface area contributed by atoms with Crippen LogP contribution in [0, 0.1) is 0 Å². The van der Waals surface area contributed by atoms with Crippen LogP contribution in [0.25, 0.3) is 10.9 Å². The number of hydrogen-bond acceptors (Lipinski definition) is 4. The highest BCUT2D eigenvalue weighted by Gasteiger charge is 2.23. The summed E-state index contributed by atoms with van der Waals surface area (Å²) in [6.45, 7) is 3.20. The molecule has 5 rings (SSSR count). The van der Waals surface area contributed by atoms with Gasteiger partial charge in [0.15, 0.2) is 0 Å². The minimum Gasteiger partial charge on any atom is -0.490 e. The van der Waals surface area contributed by atoms with Gasteiger partial charge in [-0.05, 0) is 56.7 Å². The van der Waals surface area contributed by atoms with Crippen LogP contribution in [-0.2, 0) is 19.4 Å². The Kier molecular flexibility index (Phi) is 4.43. The maximum atomic E-state index is 6.33. The molecule has 5 heteroatoms. The fraction of sp³-hybridized carbons (Fsp3) is 0.476. The molecule has 0 atom stereocenters. The number of piperidine rings is 1. The molecule has 2 aliphatic rings. The fourth-order valence-corrected chi connectivity index (χ4v) is 5.39. The number of nitrogens with one attached hydrogen (secondary N) is 1. The fourth-order valence-electron chi connectivity index (χ4n) is 4.19. The Labute approximate surface area is 158 Å². The molecular weight excluding hydrogens is 342 g/mol. The first-order chi connectivity index (χ1) is 12.8. The highest BCUT2D eigenvalue weighted by molar-refractivity contribution is 7.11. The van der Waals surface area contributed by atoms with Gasteiger partial charge in [0, 0.05) is 35.1 Å². The van der Waals surface area contributed by atoms with E-state index in [9.17, 15) is 0 Å². The molecule has 26 heavy (non-hydrogen) atoms. The maximum Gasteiger partial charge on any atom is 0.129 e. The quantitative estimate of drug-likeness (QED) is 0.736. The van der Waals surface area contributed by atoms with Crippen LogP contribution < -0.4 is 4.74 Å². The zero-order chi connectivity index (χ0) is 17.3. The van der Waals surface area contributed by atoms with Gasteiger partial charge in [-0.3, -0.25) is 4.90 Å². The van der Waals surface area contributed by atoms with Crippen molar-refractivity contribution in [2.75, 3.05) is 13.1 Å². The lowest BCUT2D eigenvalue weighted by atomic mass is 10.0. The first kappa shape index (κ1) is 16.3. The van der Waals surface area contributed by atoms with Crippen molar-refractivity contribution in [1.82, 2.24) is 14.9 Å². The number of fused-ring (bicyclic) bond motifs is 2. The Hall–Kier alpha value is -1.85. The lowest BCUT2D eigenvalue weighted by Gasteiger charge is -2.31. The second-order valence-corrected chi connectivity index (χ2v) is 8.64. The molecule has 0 saturated carbocycles. The molecule has 3 aromatic rings. The lowest BCUT2D eigenvalue weighted by molar-refractivity contribution is 0.0979. The minimum atomic E-state index is 0.316. The smallest absolute Gasteiger partial charge is 0.129 e. The van der Waals surface area contributed by atoms with Crippen LogP contribution in [-0.4, -0.2) is 34.1 Å². The summed E-state index contributed by atoms with van der Waals surface area (Å²) in [5, 5.41) is 2.50. The number of aryl methyl sites for hydroxylation is 2. The number of ether oxygens (including phenoxy) is 1. The second-order valence-electron chi connectivity index (χ2n) is 7.47. The molecule has 0 radical (unpaired) electrons. The van der Waals surface area contributed by atoms with Crippen molar-refractivity contribution in [3.05, 3.63) is 46.0 Å². The van der Waals surface area contributed by atoms with E-state index in [1.165, 1.54) is 41.8 Å². The van der Waals surface area contributed by atoms with Crippen molar-refractivity contribution >= 4 is 22.2 Å². The van der Waals surface area contributed by atoms with E-state index >= 15 is 0 Å². The van der Waals surface area contributed by atoms with Crippen LogP contribution in [0.1, 0.15) is 41.3 Å². The molecule has 1 aliphatic heterocycles. The standard InChI is InChI=1S/C21H25N3OS/c1-2-7-20-18(4-1)23-21(26-20)14-24-12-9-15(10-13-24)25-19-6-3-5-17-16(19)8-11-22-17/h3,5-6,8,11,15,22H,1-2,4,7,9-10,12-14H2. The Balaban J connectivity index is 1.18. The maximum absolute atomic E-state index is 6.33. The first-order valence-corrected chi connectivity index (χ1v) is 10.6. The van der Waals surface area contributed by atoms with Gasteiger partial charge in [-0.1, -0.05) is 6.07 Å². The molecular formula is C21H25N3OS. The highest BCUT2D eigenvalue weighted by Crippen LogP contribution is 2.30. The van der Waals surface area contributed by atoms with Crippen molar-refractivity contribution in [3.8, 4) is 5.75 Å². The number of benzene rings is 1. The van der Waals surface area contributed by atoms with Crippen molar-refractivity contribution < 1.29 is 4.74 Å². The molecule has 1 fully saturated rings. The van der Waals surface area contributed by atoms with Gasteiger partial charge in [-0.2, -0.15) is 0 Å². The first-order valence-electron chi connectivity index (χ1n) is 9.78. The summed E-state index contributed by atoms with van der Waals surface area (Å²) >= 11 is 1.95. The van der Waals surface area contributed by atoms with Gasteiger partial charge in [0.25, 0.3) is 0 Å². The van der Waals surface area contributed by atoms with Gasteiger partial charge in [-0.15, -0.1) is 11.3 Å². The third-order valence-corrected chi connectivity index (χ3v) is 6.77. The highest BCUT2D eigenvalue weighted by atomic mass is 32.1. The van der Waals surface area contributed by atoms with Crippen molar-refractivity contribution in [1.29, 1.82) is 0 Å². The van der Waals surface area contributed by atoms with Gasteiger partial charge >= 0.3 is 0 Å². The van der Waals surface area contributed by atoms with Crippen LogP contribution in [0.5, 0.6) is 5.75 Å². The number of nitrogens with zero attached hydrogens (tertiary/aromatic N) is 2. The average Bonchev–Trinajstić information content (AvgIpc) is 3.30. The third kappa shape index (κ3) is 3.26. The minimum absolute atomic E-state index is 0.316. The van der Waals surface area contributed by atoms with E-state index in [1.807, 2.05) is 17.5 Å². The number of aromatic amines is 1. The number of likely N-dealkylation sites (tertiary alicyclic amines) is 1. The van der Waals surface area contributed by atoms with Gasteiger partial charge in [0.2, 0.25) is 0 Å². The summed E-state index contributed by atoms with van der Waals surface area (Å²) in [5.41, 5.74) is 2.53. The third-order valence-electron chi connectivity index (χ3n) is 5.63. The van der Waals surface area contributed by atoms with E-state index < -0.39 is 0 Å². The Morgan fingerprint density at radius 3 is 2.92 bits per heavy atom. The number of aromatic nitrogens is 2. The largest absolute Gasteiger partial charge is 0.490 e. The lowest BCUT2D eigenvalue weighted by Crippen LogP contribution is -2.37. The summed E-state index contributed by atoms with van der Waals surface area (Å²) in [4.78, 5) is 12.2. The van der Waals surface area contributed by atoms with Crippen LogP contribution in [0.4, 0.5) is 0 Å². The Bertz CT molecular complexity index is 868. The molecule has 1 saturated heterocycles. The summed E-state index contributed by atoms with van der Waals surface area (Å²) in [5.74, 6) is 1.01. The van der Waals surface area contributed by atoms with Crippen molar-refractivity contribution in [3.63, 3.8) is 0 Å². The van der Waals surface area contributed by atoms with Crippen LogP contribution in [0.3, 0.4) is 0 Å². The molecule has 3 heterocycles. The number of rotatable bonds is 4. The molecule has 1 aliphatic carbocycles. The molecule has 1 aromatic carbocycles. The molecule has 2 aromatic heterocycles. The predicted octanol–water partition coefficient (Wildman–Crippen LogP) is 4.55. The second kappa shape index (κ2) is 7.05. The topological polar surface area (TPSA) is 41.1 Å². The molecule has 4 nitrogen and oxygen atoms in total. The number of hydrogen-bond donors (Lipinski definition) is 1. The van der Waals surface area contributed by atoms with Gasteiger partial charge in [0.1, 0.15) is 16.9 Å². The SMILES string of the molecule is c1cc(OC2CCN(Cc3nc4c(s3)CCCC4)CC2)c2cc[nH]c2c1. The van der Waals surface area contributed by atoms with Gasteiger partial charge in [0.05, 0.1) is 12.2 Å². The molecule has 136 valence electrons. The molecule has 0 unspecified atom stereocenters. The van der Waals surface area contributed by atoms with Crippen LogP contribution in [0.15, 0.2) is 30.5 Å². The summed E-state index contributed by atoms with van der Waals surface area (Å²) in [6.07, 6.45) is 9.56. The van der Waals surface area contributed by atoms with E-state index in [1.54, 1.807) is 4.88 Å². The number of thiazole rings is 1. The van der Waals surface area contributed by atoms with Crippen molar-refractivity contribution in [2.45, 2.75) is 51.2 Å². The van der Waals surface area contributed by atoms with E-state index in [4.69, 9.17) is 9.72 Å². The normalized spacial score (nSPS) is 18.9. The van der Waals surface area contributed by atoms with Crippen LogP contribution in [0.2, 0.25) is 0 Å². The molecule has 0 spiro atoms. The summed E-state index contributed by atoms with van der Waals surface area (Å²) in [6, 6.07) is 8.35. The van der Waals surface area contributed by atoms with E-state index in [0.717, 1.165) is 43.7 Å². The molecule has 1 N–H and O–H groups in total. The Morgan fingerprint density at radius 2 is 2.04 bits per heavy atom. The average molecular weight is 368 g/mol.